The molecule has 1 aliphatic carbocycles. The van der Waals surface area contributed by atoms with Crippen molar-refractivity contribution in [2.75, 3.05) is 16.8 Å². The van der Waals surface area contributed by atoms with Crippen LogP contribution in [-0.2, 0) is 11.3 Å². The summed E-state index contributed by atoms with van der Waals surface area (Å²) >= 11 is 0. The Bertz CT molecular complexity index is 829. The molecule has 5 heteroatoms. The lowest BCUT2D eigenvalue weighted by Crippen LogP contribution is -2.47. The summed E-state index contributed by atoms with van der Waals surface area (Å²) in [5.41, 5.74) is 3.44. The van der Waals surface area contributed by atoms with Crippen LogP contribution in [0.1, 0.15) is 48.0 Å². The maximum Gasteiger partial charge on any atom is 0.251 e. The van der Waals surface area contributed by atoms with Crippen LogP contribution in [0.15, 0.2) is 48.5 Å². The van der Waals surface area contributed by atoms with Crippen LogP contribution >= 0.6 is 0 Å². The van der Waals surface area contributed by atoms with Crippen molar-refractivity contribution in [3.8, 4) is 0 Å². The highest BCUT2D eigenvalue weighted by Crippen LogP contribution is 2.35. The summed E-state index contributed by atoms with van der Waals surface area (Å²) in [6.45, 7) is 0.787. The van der Waals surface area contributed by atoms with E-state index in [0.29, 0.717) is 18.7 Å². The molecule has 2 N–H and O–H groups in total. The zero-order chi connectivity index (χ0) is 18.6. The Morgan fingerprint density at radius 2 is 1.85 bits per heavy atom. The first-order chi connectivity index (χ1) is 13.2. The van der Waals surface area contributed by atoms with Crippen LogP contribution in [0.2, 0.25) is 0 Å². The van der Waals surface area contributed by atoms with Crippen molar-refractivity contribution in [2.24, 2.45) is 0 Å². The SMILES string of the molecule is O=C(NCc1ccccc1)c1ccc2c(c1)NCC(=O)N2C1CCCCC1. The summed E-state index contributed by atoms with van der Waals surface area (Å²) in [7, 11) is 0. The van der Waals surface area contributed by atoms with E-state index in [9.17, 15) is 9.59 Å². The van der Waals surface area contributed by atoms with Crippen molar-refractivity contribution in [3.05, 3.63) is 59.7 Å². The van der Waals surface area contributed by atoms with Gasteiger partial charge in [0.1, 0.15) is 0 Å². The number of amides is 2. The normalized spacial score (nSPS) is 17.2. The molecule has 5 nitrogen and oxygen atoms in total. The molecular weight excluding hydrogens is 338 g/mol. The van der Waals surface area contributed by atoms with Gasteiger partial charge in [0.25, 0.3) is 5.91 Å². The first-order valence-electron chi connectivity index (χ1n) is 9.74. The minimum atomic E-state index is -0.107. The Morgan fingerprint density at radius 1 is 1.07 bits per heavy atom. The van der Waals surface area contributed by atoms with Crippen molar-refractivity contribution in [3.63, 3.8) is 0 Å². The molecule has 0 bridgehead atoms. The molecule has 2 aliphatic rings. The predicted octanol–water partition coefficient (Wildman–Crippen LogP) is 3.71. The van der Waals surface area contributed by atoms with E-state index in [-0.39, 0.29) is 17.9 Å². The summed E-state index contributed by atoms with van der Waals surface area (Å²) in [5, 5.41) is 6.14. The largest absolute Gasteiger partial charge is 0.374 e. The number of nitrogens with one attached hydrogen (secondary N) is 2. The van der Waals surface area contributed by atoms with Crippen molar-refractivity contribution in [1.82, 2.24) is 5.32 Å². The number of fused-ring (bicyclic) bond motifs is 1. The van der Waals surface area contributed by atoms with E-state index >= 15 is 0 Å². The van der Waals surface area contributed by atoms with E-state index in [1.807, 2.05) is 53.4 Å². The lowest BCUT2D eigenvalue weighted by atomic mass is 9.93. The molecule has 27 heavy (non-hydrogen) atoms. The summed E-state index contributed by atoms with van der Waals surface area (Å²) in [6.07, 6.45) is 5.73. The van der Waals surface area contributed by atoms with Gasteiger partial charge in [0.2, 0.25) is 5.91 Å². The van der Waals surface area contributed by atoms with Gasteiger partial charge in [-0.15, -0.1) is 0 Å². The third-order valence-electron chi connectivity index (χ3n) is 5.45. The summed E-state index contributed by atoms with van der Waals surface area (Å²) in [4.78, 5) is 27.0. The van der Waals surface area contributed by atoms with E-state index in [4.69, 9.17) is 0 Å². The fourth-order valence-electron chi connectivity index (χ4n) is 4.04. The maximum absolute atomic E-state index is 12.5. The van der Waals surface area contributed by atoms with Gasteiger partial charge < -0.3 is 15.5 Å². The minimum Gasteiger partial charge on any atom is -0.374 e. The fraction of sp³-hybridized carbons (Fsp3) is 0.364. The topological polar surface area (TPSA) is 61.4 Å². The van der Waals surface area contributed by atoms with E-state index in [0.717, 1.165) is 29.8 Å². The highest BCUT2D eigenvalue weighted by Gasteiger charge is 2.31. The Morgan fingerprint density at radius 3 is 2.63 bits per heavy atom. The van der Waals surface area contributed by atoms with Crippen LogP contribution in [0.5, 0.6) is 0 Å². The van der Waals surface area contributed by atoms with Gasteiger partial charge in [-0.05, 0) is 36.6 Å². The van der Waals surface area contributed by atoms with Gasteiger partial charge >= 0.3 is 0 Å². The molecule has 1 heterocycles. The van der Waals surface area contributed by atoms with E-state index in [2.05, 4.69) is 10.6 Å². The van der Waals surface area contributed by atoms with Gasteiger partial charge in [-0.3, -0.25) is 9.59 Å². The average molecular weight is 363 g/mol. The number of anilines is 2. The van der Waals surface area contributed by atoms with Gasteiger partial charge in [-0.25, -0.2) is 0 Å². The predicted molar refractivity (Wildman–Crippen MR) is 107 cm³/mol. The van der Waals surface area contributed by atoms with Gasteiger partial charge in [0, 0.05) is 18.2 Å². The molecule has 0 radical (unpaired) electrons. The van der Waals surface area contributed by atoms with Crippen LogP contribution in [0.4, 0.5) is 11.4 Å². The molecule has 0 spiro atoms. The second-order valence-electron chi connectivity index (χ2n) is 7.31. The van der Waals surface area contributed by atoms with Crippen molar-refractivity contribution in [1.29, 1.82) is 0 Å². The molecule has 0 atom stereocenters. The van der Waals surface area contributed by atoms with Crippen molar-refractivity contribution >= 4 is 23.2 Å². The van der Waals surface area contributed by atoms with Crippen molar-refractivity contribution < 1.29 is 9.59 Å². The average Bonchev–Trinajstić information content (AvgIpc) is 2.73. The second-order valence-corrected chi connectivity index (χ2v) is 7.31. The molecular formula is C22H25N3O2. The first kappa shape index (κ1) is 17.6. The monoisotopic (exact) mass is 363 g/mol. The number of rotatable bonds is 4. The smallest absolute Gasteiger partial charge is 0.251 e. The molecule has 2 amide bonds. The third-order valence-corrected chi connectivity index (χ3v) is 5.45. The molecule has 1 saturated carbocycles. The Kier molecular flexibility index (Phi) is 5.10. The standard InChI is InChI=1S/C22H25N3O2/c26-21-15-23-19-13-17(22(27)24-14-16-7-3-1-4-8-16)11-12-20(19)25(21)18-9-5-2-6-10-18/h1,3-4,7-8,11-13,18,23H,2,5-6,9-10,14-15H2,(H,24,27). The molecule has 0 saturated heterocycles. The Hall–Kier alpha value is -2.82. The maximum atomic E-state index is 12.5. The third kappa shape index (κ3) is 3.82. The van der Waals surface area contributed by atoms with Crippen LogP contribution in [0.25, 0.3) is 0 Å². The van der Waals surface area contributed by atoms with Crippen LogP contribution in [0.3, 0.4) is 0 Å². The summed E-state index contributed by atoms with van der Waals surface area (Å²) in [6, 6.07) is 15.7. The molecule has 1 fully saturated rings. The summed E-state index contributed by atoms with van der Waals surface area (Å²) < 4.78 is 0. The molecule has 2 aromatic carbocycles. The lowest BCUT2D eigenvalue weighted by molar-refractivity contribution is -0.117. The second kappa shape index (κ2) is 7.82. The Labute approximate surface area is 159 Å². The van der Waals surface area contributed by atoms with Crippen LogP contribution in [-0.4, -0.2) is 24.4 Å². The molecule has 1 aliphatic heterocycles. The highest BCUT2D eigenvalue weighted by atomic mass is 16.2. The number of hydrogen-bond donors (Lipinski definition) is 2. The number of carbonyl (C=O) groups excluding carboxylic acids is 2. The molecule has 4 rings (SSSR count). The van der Waals surface area contributed by atoms with Gasteiger partial charge in [-0.2, -0.15) is 0 Å². The number of benzene rings is 2. The number of nitrogens with zero attached hydrogens (tertiary/aromatic N) is 1. The molecule has 0 unspecified atom stereocenters. The lowest BCUT2D eigenvalue weighted by Gasteiger charge is -2.38. The van der Waals surface area contributed by atoms with Crippen LogP contribution in [0, 0.1) is 0 Å². The molecule has 2 aromatic rings. The van der Waals surface area contributed by atoms with Crippen molar-refractivity contribution in [2.45, 2.75) is 44.7 Å². The van der Waals surface area contributed by atoms with Crippen LogP contribution < -0.4 is 15.5 Å². The Balaban J connectivity index is 1.50. The fourth-order valence-corrected chi connectivity index (χ4v) is 4.04. The van der Waals surface area contributed by atoms with E-state index in [1.54, 1.807) is 0 Å². The number of carbonyl (C=O) groups is 2. The van der Waals surface area contributed by atoms with Gasteiger partial charge in [0.15, 0.2) is 0 Å². The first-order valence-corrected chi connectivity index (χ1v) is 9.74. The van der Waals surface area contributed by atoms with E-state index in [1.165, 1.54) is 19.3 Å². The zero-order valence-corrected chi connectivity index (χ0v) is 15.4. The van der Waals surface area contributed by atoms with Gasteiger partial charge in [-0.1, -0.05) is 49.6 Å². The van der Waals surface area contributed by atoms with Gasteiger partial charge in [0.05, 0.1) is 17.9 Å². The summed E-state index contributed by atoms with van der Waals surface area (Å²) in [5.74, 6) is 0.0141. The quantitative estimate of drug-likeness (QED) is 0.871. The number of hydrogen-bond acceptors (Lipinski definition) is 3. The highest BCUT2D eigenvalue weighted by molar-refractivity contribution is 6.05. The zero-order valence-electron chi connectivity index (χ0n) is 15.4. The molecule has 0 aromatic heterocycles. The minimum absolute atomic E-state index is 0.107. The molecule has 140 valence electrons. The van der Waals surface area contributed by atoms with E-state index < -0.39 is 0 Å².